The number of allylic oxidation sites excluding steroid dienone is 1. The smallest absolute Gasteiger partial charge is 0.130 e. The second-order valence-electron chi connectivity index (χ2n) is 2.48. The van der Waals surface area contributed by atoms with Crippen LogP contribution in [0.4, 0.5) is 4.39 Å². The van der Waals surface area contributed by atoms with Crippen LogP contribution in [-0.2, 0) is 0 Å². The highest BCUT2D eigenvalue weighted by Gasteiger charge is 1.97. The summed E-state index contributed by atoms with van der Waals surface area (Å²) >= 11 is 3.29. The highest BCUT2D eigenvalue weighted by molar-refractivity contribution is 9.10. The molecule has 1 aromatic carbocycles. The Hall–Kier alpha value is -0.630. The van der Waals surface area contributed by atoms with Gasteiger partial charge in [0, 0.05) is 10.0 Å². The van der Waals surface area contributed by atoms with Crippen molar-refractivity contribution in [3.63, 3.8) is 0 Å². The van der Waals surface area contributed by atoms with E-state index in [2.05, 4.69) is 15.9 Å². The SMILES string of the molecule is CC/C=C/c1cc(Br)ccc1F. The van der Waals surface area contributed by atoms with Gasteiger partial charge in [0.15, 0.2) is 0 Å². The minimum absolute atomic E-state index is 0.178. The molecule has 0 aliphatic rings. The summed E-state index contributed by atoms with van der Waals surface area (Å²) in [6.45, 7) is 2.02. The highest BCUT2D eigenvalue weighted by Crippen LogP contribution is 2.16. The average molecular weight is 229 g/mol. The van der Waals surface area contributed by atoms with Crippen molar-refractivity contribution >= 4 is 22.0 Å². The summed E-state index contributed by atoms with van der Waals surface area (Å²) in [6, 6.07) is 4.92. The summed E-state index contributed by atoms with van der Waals surface area (Å²) in [5.74, 6) is -0.178. The Bertz CT molecular complexity index is 292. The zero-order chi connectivity index (χ0) is 8.97. The van der Waals surface area contributed by atoms with Gasteiger partial charge in [-0.3, -0.25) is 0 Å². The van der Waals surface area contributed by atoms with Gasteiger partial charge in [-0.15, -0.1) is 0 Å². The van der Waals surface area contributed by atoms with E-state index in [1.807, 2.05) is 13.0 Å². The molecule has 2 heteroatoms. The third kappa shape index (κ3) is 2.45. The van der Waals surface area contributed by atoms with Crippen molar-refractivity contribution in [2.24, 2.45) is 0 Å². The van der Waals surface area contributed by atoms with E-state index in [0.29, 0.717) is 5.56 Å². The lowest BCUT2D eigenvalue weighted by Crippen LogP contribution is -1.80. The number of benzene rings is 1. The summed E-state index contributed by atoms with van der Waals surface area (Å²) < 4.78 is 13.9. The van der Waals surface area contributed by atoms with E-state index in [9.17, 15) is 4.39 Å². The topological polar surface area (TPSA) is 0 Å². The Labute approximate surface area is 80.2 Å². The molecule has 64 valence electrons. The Kier molecular flexibility index (Phi) is 3.48. The summed E-state index contributed by atoms with van der Waals surface area (Å²) in [5.41, 5.74) is 0.631. The van der Waals surface area contributed by atoms with Crippen LogP contribution in [0.5, 0.6) is 0 Å². The summed E-state index contributed by atoms with van der Waals surface area (Å²) in [7, 11) is 0. The summed E-state index contributed by atoms with van der Waals surface area (Å²) in [6.07, 6.45) is 4.65. The summed E-state index contributed by atoms with van der Waals surface area (Å²) in [5, 5.41) is 0. The van der Waals surface area contributed by atoms with Crippen LogP contribution in [0.1, 0.15) is 18.9 Å². The van der Waals surface area contributed by atoms with E-state index in [1.54, 1.807) is 18.2 Å². The van der Waals surface area contributed by atoms with Crippen molar-refractivity contribution < 1.29 is 4.39 Å². The molecule has 12 heavy (non-hydrogen) atoms. The Morgan fingerprint density at radius 3 is 2.92 bits per heavy atom. The van der Waals surface area contributed by atoms with Crippen molar-refractivity contribution in [3.05, 3.63) is 40.1 Å². The number of rotatable bonds is 2. The summed E-state index contributed by atoms with van der Waals surface area (Å²) in [4.78, 5) is 0. The fourth-order valence-corrected chi connectivity index (χ4v) is 1.27. The lowest BCUT2D eigenvalue weighted by Gasteiger charge is -1.96. The van der Waals surface area contributed by atoms with E-state index in [-0.39, 0.29) is 5.82 Å². The molecule has 1 aromatic rings. The zero-order valence-electron chi connectivity index (χ0n) is 6.85. The third-order valence-corrected chi connectivity index (χ3v) is 1.98. The predicted octanol–water partition coefficient (Wildman–Crippen LogP) is 4.01. The first-order valence-corrected chi connectivity index (χ1v) is 4.65. The first-order valence-electron chi connectivity index (χ1n) is 3.85. The third-order valence-electron chi connectivity index (χ3n) is 1.49. The van der Waals surface area contributed by atoms with E-state index in [4.69, 9.17) is 0 Å². The van der Waals surface area contributed by atoms with E-state index in [0.717, 1.165) is 10.9 Å². The normalized spacial score (nSPS) is 10.9. The van der Waals surface area contributed by atoms with Gasteiger partial charge in [-0.2, -0.15) is 0 Å². The van der Waals surface area contributed by atoms with E-state index in [1.165, 1.54) is 6.07 Å². The van der Waals surface area contributed by atoms with Crippen LogP contribution in [0.2, 0.25) is 0 Å². The molecule has 0 aliphatic heterocycles. The molecule has 0 aliphatic carbocycles. The standard InChI is InChI=1S/C10H10BrF/c1-2-3-4-8-7-9(11)5-6-10(8)12/h3-7H,2H2,1H3/b4-3+. The lowest BCUT2D eigenvalue weighted by molar-refractivity contribution is 0.624. The number of hydrogen-bond donors (Lipinski definition) is 0. The monoisotopic (exact) mass is 228 g/mol. The number of hydrogen-bond acceptors (Lipinski definition) is 0. The molecule has 0 atom stereocenters. The van der Waals surface area contributed by atoms with Gasteiger partial charge in [-0.05, 0) is 24.6 Å². The molecule has 0 aromatic heterocycles. The van der Waals surface area contributed by atoms with Crippen LogP contribution in [0.15, 0.2) is 28.7 Å². The van der Waals surface area contributed by atoms with E-state index >= 15 is 0 Å². The van der Waals surface area contributed by atoms with Crippen molar-refractivity contribution in [1.82, 2.24) is 0 Å². The van der Waals surface area contributed by atoms with Crippen molar-refractivity contribution in [2.45, 2.75) is 13.3 Å². The molecule has 1 rings (SSSR count). The lowest BCUT2D eigenvalue weighted by atomic mass is 10.2. The van der Waals surface area contributed by atoms with Gasteiger partial charge < -0.3 is 0 Å². The van der Waals surface area contributed by atoms with Crippen LogP contribution in [-0.4, -0.2) is 0 Å². The molecule has 0 N–H and O–H groups in total. The minimum Gasteiger partial charge on any atom is -0.206 e. The van der Waals surface area contributed by atoms with Crippen LogP contribution >= 0.6 is 15.9 Å². The number of halogens is 2. The Morgan fingerprint density at radius 2 is 2.25 bits per heavy atom. The molecule has 0 spiro atoms. The maximum atomic E-state index is 13.0. The maximum absolute atomic E-state index is 13.0. The Morgan fingerprint density at radius 1 is 1.50 bits per heavy atom. The van der Waals surface area contributed by atoms with Crippen molar-refractivity contribution in [3.8, 4) is 0 Å². The molecule has 0 unspecified atom stereocenters. The quantitative estimate of drug-likeness (QED) is 0.718. The molecule has 0 radical (unpaired) electrons. The van der Waals surface area contributed by atoms with Crippen LogP contribution in [0.3, 0.4) is 0 Å². The van der Waals surface area contributed by atoms with Crippen molar-refractivity contribution in [2.75, 3.05) is 0 Å². The van der Waals surface area contributed by atoms with Gasteiger partial charge in [0.25, 0.3) is 0 Å². The predicted molar refractivity (Wildman–Crippen MR) is 53.4 cm³/mol. The largest absolute Gasteiger partial charge is 0.206 e. The minimum atomic E-state index is -0.178. The van der Waals surface area contributed by atoms with Gasteiger partial charge in [0.05, 0.1) is 0 Å². The molecule has 0 fully saturated rings. The fraction of sp³-hybridized carbons (Fsp3) is 0.200. The maximum Gasteiger partial charge on any atom is 0.130 e. The fourth-order valence-electron chi connectivity index (χ4n) is 0.887. The molecule has 0 bridgehead atoms. The van der Waals surface area contributed by atoms with Crippen LogP contribution in [0, 0.1) is 5.82 Å². The van der Waals surface area contributed by atoms with Gasteiger partial charge in [-0.1, -0.05) is 35.0 Å². The molecule has 0 amide bonds. The molecular formula is C10H10BrF. The van der Waals surface area contributed by atoms with E-state index < -0.39 is 0 Å². The van der Waals surface area contributed by atoms with Gasteiger partial charge >= 0.3 is 0 Å². The zero-order valence-corrected chi connectivity index (χ0v) is 8.44. The van der Waals surface area contributed by atoms with Crippen LogP contribution in [0.25, 0.3) is 6.08 Å². The molecule has 0 saturated heterocycles. The first-order chi connectivity index (χ1) is 5.74. The van der Waals surface area contributed by atoms with Crippen molar-refractivity contribution in [1.29, 1.82) is 0 Å². The second-order valence-corrected chi connectivity index (χ2v) is 3.39. The molecule has 0 nitrogen and oxygen atoms in total. The molecular weight excluding hydrogens is 219 g/mol. The van der Waals surface area contributed by atoms with Crippen LogP contribution < -0.4 is 0 Å². The second kappa shape index (κ2) is 4.41. The Balaban J connectivity index is 2.97. The molecule has 0 heterocycles. The highest BCUT2D eigenvalue weighted by atomic mass is 79.9. The average Bonchev–Trinajstić information content (AvgIpc) is 2.07. The van der Waals surface area contributed by atoms with Gasteiger partial charge in [0.2, 0.25) is 0 Å². The van der Waals surface area contributed by atoms with Gasteiger partial charge in [0.1, 0.15) is 5.82 Å². The van der Waals surface area contributed by atoms with Gasteiger partial charge in [-0.25, -0.2) is 4.39 Å². The molecule has 0 saturated carbocycles. The first kappa shape index (κ1) is 9.46.